The standard InChI is InChI=1S/C16H17BrN2O3S/c17-13-4-1-3-12(9-13)16(21)19-10-15(20)18-6-8-23-11-14-5-2-7-22-14/h1-5,7,9H,6,8,10-11H2,(H,18,20)(H,19,21). The molecule has 2 amide bonds. The molecule has 2 rings (SSSR count). The first-order valence-corrected chi connectivity index (χ1v) is 9.00. The van der Waals surface area contributed by atoms with Crippen molar-refractivity contribution in [2.24, 2.45) is 0 Å². The molecule has 0 saturated carbocycles. The summed E-state index contributed by atoms with van der Waals surface area (Å²) in [6.07, 6.45) is 1.64. The second-order valence-corrected chi connectivity index (χ2v) is 6.70. The van der Waals surface area contributed by atoms with E-state index in [1.54, 1.807) is 36.2 Å². The molecule has 0 bridgehead atoms. The van der Waals surface area contributed by atoms with Crippen molar-refractivity contribution in [2.75, 3.05) is 18.8 Å². The summed E-state index contributed by atoms with van der Waals surface area (Å²) in [7, 11) is 0. The SMILES string of the molecule is O=C(CNC(=O)c1cccc(Br)c1)NCCSCc1ccco1. The number of benzene rings is 1. The molecule has 1 aromatic heterocycles. The van der Waals surface area contributed by atoms with Crippen LogP contribution in [0.2, 0.25) is 0 Å². The van der Waals surface area contributed by atoms with Gasteiger partial charge in [0, 0.05) is 22.3 Å². The lowest BCUT2D eigenvalue weighted by Gasteiger charge is -2.07. The smallest absolute Gasteiger partial charge is 0.251 e. The van der Waals surface area contributed by atoms with Crippen LogP contribution in [0.15, 0.2) is 51.6 Å². The molecule has 0 radical (unpaired) electrons. The Morgan fingerprint density at radius 1 is 1.17 bits per heavy atom. The summed E-state index contributed by atoms with van der Waals surface area (Å²) in [6.45, 7) is 0.519. The van der Waals surface area contributed by atoms with Crippen LogP contribution in [0.3, 0.4) is 0 Å². The molecule has 2 aromatic rings. The van der Waals surface area contributed by atoms with Gasteiger partial charge in [0.25, 0.3) is 5.91 Å². The lowest BCUT2D eigenvalue weighted by atomic mass is 10.2. The van der Waals surface area contributed by atoms with E-state index in [9.17, 15) is 9.59 Å². The molecule has 0 unspecified atom stereocenters. The fourth-order valence-corrected chi connectivity index (χ4v) is 2.94. The molecule has 0 atom stereocenters. The largest absolute Gasteiger partial charge is 0.468 e. The predicted molar refractivity (Wildman–Crippen MR) is 94.4 cm³/mol. The summed E-state index contributed by atoms with van der Waals surface area (Å²) in [6, 6.07) is 10.8. The first kappa shape index (κ1) is 17.6. The summed E-state index contributed by atoms with van der Waals surface area (Å²) < 4.78 is 6.04. The van der Waals surface area contributed by atoms with E-state index in [1.807, 2.05) is 18.2 Å². The van der Waals surface area contributed by atoms with Crippen molar-refractivity contribution in [2.45, 2.75) is 5.75 Å². The molecule has 0 aliphatic heterocycles. The highest BCUT2D eigenvalue weighted by atomic mass is 79.9. The van der Waals surface area contributed by atoms with Crippen molar-refractivity contribution in [1.29, 1.82) is 0 Å². The molecule has 0 spiro atoms. The van der Waals surface area contributed by atoms with Gasteiger partial charge in [0.15, 0.2) is 0 Å². The lowest BCUT2D eigenvalue weighted by Crippen LogP contribution is -2.37. The first-order valence-electron chi connectivity index (χ1n) is 7.06. The van der Waals surface area contributed by atoms with Gasteiger partial charge in [-0.25, -0.2) is 0 Å². The minimum absolute atomic E-state index is 0.0335. The van der Waals surface area contributed by atoms with E-state index in [0.717, 1.165) is 21.7 Å². The number of carbonyl (C=O) groups is 2. The molecule has 0 aliphatic rings. The number of amides is 2. The molecule has 0 saturated heterocycles. The molecule has 23 heavy (non-hydrogen) atoms. The Bertz CT molecular complexity index is 647. The van der Waals surface area contributed by atoms with Gasteiger partial charge in [-0.1, -0.05) is 22.0 Å². The minimum Gasteiger partial charge on any atom is -0.468 e. The molecule has 7 heteroatoms. The third-order valence-electron chi connectivity index (χ3n) is 2.89. The molecule has 122 valence electrons. The number of carbonyl (C=O) groups excluding carboxylic acids is 2. The van der Waals surface area contributed by atoms with Gasteiger partial charge >= 0.3 is 0 Å². The van der Waals surface area contributed by atoms with E-state index >= 15 is 0 Å². The molecular formula is C16H17BrN2O3S. The Morgan fingerprint density at radius 3 is 2.78 bits per heavy atom. The Morgan fingerprint density at radius 2 is 2.04 bits per heavy atom. The molecule has 0 fully saturated rings. The van der Waals surface area contributed by atoms with Crippen molar-refractivity contribution < 1.29 is 14.0 Å². The second kappa shape index (κ2) is 9.42. The van der Waals surface area contributed by atoms with E-state index in [4.69, 9.17) is 4.42 Å². The quantitative estimate of drug-likeness (QED) is 0.672. The van der Waals surface area contributed by atoms with E-state index in [0.29, 0.717) is 12.1 Å². The van der Waals surface area contributed by atoms with Gasteiger partial charge in [-0.2, -0.15) is 11.8 Å². The molecule has 1 heterocycles. The van der Waals surface area contributed by atoms with E-state index in [-0.39, 0.29) is 18.4 Å². The van der Waals surface area contributed by atoms with Crippen LogP contribution in [-0.2, 0) is 10.5 Å². The van der Waals surface area contributed by atoms with Crippen molar-refractivity contribution >= 4 is 39.5 Å². The number of hydrogen-bond acceptors (Lipinski definition) is 4. The van der Waals surface area contributed by atoms with Crippen LogP contribution in [0.1, 0.15) is 16.1 Å². The first-order chi connectivity index (χ1) is 11.1. The maximum absolute atomic E-state index is 11.9. The summed E-state index contributed by atoms with van der Waals surface area (Å²) in [4.78, 5) is 23.6. The number of rotatable bonds is 8. The van der Waals surface area contributed by atoms with E-state index < -0.39 is 0 Å². The van der Waals surface area contributed by atoms with Gasteiger partial charge in [0.1, 0.15) is 5.76 Å². The third kappa shape index (κ3) is 6.50. The van der Waals surface area contributed by atoms with Crippen LogP contribution in [0.25, 0.3) is 0 Å². The maximum atomic E-state index is 11.9. The number of nitrogens with one attached hydrogen (secondary N) is 2. The fraction of sp³-hybridized carbons (Fsp3) is 0.250. The maximum Gasteiger partial charge on any atom is 0.251 e. The zero-order valence-corrected chi connectivity index (χ0v) is 14.8. The number of halogens is 1. The van der Waals surface area contributed by atoms with Gasteiger partial charge in [0.2, 0.25) is 5.91 Å². The van der Waals surface area contributed by atoms with Crippen LogP contribution >= 0.6 is 27.7 Å². The lowest BCUT2D eigenvalue weighted by molar-refractivity contribution is -0.120. The van der Waals surface area contributed by atoms with Crippen molar-refractivity contribution in [3.8, 4) is 0 Å². The molecule has 2 N–H and O–H groups in total. The third-order valence-corrected chi connectivity index (χ3v) is 4.36. The number of hydrogen-bond donors (Lipinski definition) is 2. The number of furan rings is 1. The number of thioether (sulfide) groups is 1. The van der Waals surface area contributed by atoms with Gasteiger partial charge in [-0.15, -0.1) is 0 Å². The van der Waals surface area contributed by atoms with Crippen LogP contribution < -0.4 is 10.6 Å². The highest BCUT2D eigenvalue weighted by Gasteiger charge is 2.08. The van der Waals surface area contributed by atoms with Crippen molar-refractivity contribution in [3.05, 3.63) is 58.5 Å². The second-order valence-electron chi connectivity index (χ2n) is 4.67. The minimum atomic E-state index is -0.270. The summed E-state index contributed by atoms with van der Waals surface area (Å²) in [5, 5.41) is 5.36. The Kier molecular flexibility index (Phi) is 7.22. The Hall–Kier alpha value is -1.73. The van der Waals surface area contributed by atoms with Crippen LogP contribution in [0.5, 0.6) is 0 Å². The average molecular weight is 397 g/mol. The van der Waals surface area contributed by atoms with Gasteiger partial charge in [-0.05, 0) is 30.3 Å². The Labute approximate surface area is 147 Å². The molecular weight excluding hydrogens is 380 g/mol. The zero-order valence-electron chi connectivity index (χ0n) is 12.4. The van der Waals surface area contributed by atoms with Crippen molar-refractivity contribution in [3.63, 3.8) is 0 Å². The fourth-order valence-electron chi connectivity index (χ4n) is 1.78. The zero-order chi connectivity index (χ0) is 16.5. The van der Waals surface area contributed by atoms with Crippen LogP contribution in [-0.4, -0.2) is 30.7 Å². The highest BCUT2D eigenvalue weighted by Crippen LogP contribution is 2.12. The van der Waals surface area contributed by atoms with E-state index in [1.165, 1.54) is 0 Å². The van der Waals surface area contributed by atoms with E-state index in [2.05, 4.69) is 26.6 Å². The topological polar surface area (TPSA) is 71.3 Å². The summed E-state index contributed by atoms with van der Waals surface area (Å²) >= 11 is 4.98. The molecule has 0 aliphatic carbocycles. The summed E-state index contributed by atoms with van der Waals surface area (Å²) in [5.41, 5.74) is 0.515. The predicted octanol–water partition coefficient (Wildman–Crippen LogP) is 2.82. The monoisotopic (exact) mass is 396 g/mol. The molecule has 5 nitrogen and oxygen atoms in total. The van der Waals surface area contributed by atoms with Crippen molar-refractivity contribution in [1.82, 2.24) is 10.6 Å². The van der Waals surface area contributed by atoms with Crippen LogP contribution in [0, 0.1) is 0 Å². The van der Waals surface area contributed by atoms with Gasteiger partial charge in [-0.3, -0.25) is 9.59 Å². The van der Waals surface area contributed by atoms with Gasteiger partial charge < -0.3 is 15.1 Å². The highest BCUT2D eigenvalue weighted by molar-refractivity contribution is 9.10. The Balaban J connectivity index is 1.58. The average Bonchev–Trinajstić information content (AvgIpc) is 3.05. The molecule has 1 aromatic carbocycles. The summed E-state index contributed by atoms with van der Waals surface area (Å²) in [5.74, 6) is 2.01. The van der Waals surface area contributed by atoms with Crippen LogP contribution in [0.4, 0.5) is 0 Å². The van der Waals surface area contributed by atoms with Gasteiger partial charge in [0.05, 0.1) is 18.6 Å². The normalized spacial score (nSPS) is 10.3.